The molecule has 0 saturated heterocycles. The van der Waals surface area contributed by atoms with Gasteiger partial charge in [0.25, 0.3) is 0 Å². The molecule has 0 aliphatic carbocycles. The normalized spacial score (nSPS) is 14.2. The Labute approximate surface area is 122 Å². The highest BCUT2D eigenvalue weighted by Crippen LogP contribution is 2.17. The lowest BCUT2D eigenvalue weighted by Gasteiger charge is -2.23. The summed E-state index contributed by atoms with van der Waals surface area (Å²) in [5, 5.41) is 0. The van der Waals surface area contributed by atoms with Crippen molar-refractivity contribution in [3.63, 3.8) is 0 Å². The number of esters is 2. The molecule has 0 aromatic heterocycles. The summed E-state index contributed by atoms with van der Waals surface area (Å²) in [5.74, 6) is -0.207. The number of hydrogen-bond acceptors (Lipinski definition) is 5. The van der Waals surface area contributed by atoms with Crippen LogP contribution in [0.5, 0.6) is 0 Å². The number of hydrogen-bond donors (Lipinski definition) is 1. The average Bonchev–Trinajstić information content (AvgIpc) is 2.36. The number of carbonyl (C=O) groups excluding carboxylic acids is 2. The molecule has 0 heterocycles. The number of nitrogens with two attached hydrogens (primary N) is 1. The first-order valence-corrected chi connectivity index (χ1v) is 7.39. The zero-order valence-corrected chi connectivity index (χ0v) is 13.3. The third-order valence-electron chi connectivity index (χ3n) is 2.92. The van der Waals surface area contributed by atoms with E-state index in [9.17, 15) is 9.59 Å². The van der Waals surface area contributed by atoms with E-state index in [4.69, 9.17) is 15.2 Å². The highest BCUT2D eigenvalue weighted by atomic mass is 16.7. The van der Waals surface area contributed by atoms with Crippen LogP contribution in [0.3, 0.4) is 0 Å². The van der Waals surface area contributed by atoms with Crippen molar-refractivity contribution < 1.29 is 19.1 Å². The van der Waals surface area contributed by atoms with Crippen LogP contribution in [-0.2, 0) is 19.1 Å². The van der Waals surface area contributed by atoms with Crippen molar-refractivity contribution in [2.45, 2.75) is 60.2 Å². The van der Waals surface area contributed by atoms with Crippen molar-refractivity contribution in [2.24, 2.45) is 23.5 Å². The van der Waals surface area contributed by atoms with Crippen LogP contribution in [0.1, 0.15) is 53.9 Å². The van der Waals surface area contributed by atoms with Crippen molar-refractivity contribution in [1.82, 2.24) is 0 Å². The Morgan fingerprint density at radius 3 is 2.00 bits per heavy atom. The first kappa shape index (κ1) is 18.9. The Morgan fingerprint density at radius 2 is 1.60 bits per heavy atom. The Hall–Kier alpha value is -1.10. The van der Waals surface area contributed by atoms with Gasteiger partial charge in [-0.1, -0.05) is 34.6 Å². The molecular weight excluding hydrogens is 258 g/mol. The van der Waals surface area contributed by atoms with Gasteiger partial charge in [0, 0.05) is 18.8 Å². The Kier molecular flexibility index (Phi) is 9.21. The molecule has 5 nitrogen and oxygen atoms in total. The molecule has 0 fully saturated rings. The van der Waals surface area contributed by atoms with Crippen molar-refractivity contribution in [2.75, 3.05) is 6.54 Å². The summed E-state index contributed by atoms with van der Waals surface area (Å²) in [5.41, 5.74) is 5.67. The molecule has 5 heteroatoms. The summed E-state index contributed by atoms with van der Waals surface area (Å²) in [4.78, 5) is 23.2. The molecule has 2 N–H and O–H groups in total. The van der Waals surface area contributed by atoms with Crippen LogP contribution in [0, 0.1) is 17.8 Å². The lowest BCUT2D eigenvalue weighted by molar-refractivity contribution is -0.196. The Balaban J connectivity index is 4.41. The SMILES string of the molecule is CCC(=O)OC(OC(=O)CC(CN)CC(C)C)C(C)C. The summed E-state index contributed by atoms with van der Waals surface area (Å²) in [6, 6.07) is 0. The zero-order valence-electron chi connectivity index (χ0n) is 13.3. The fourth-order valence-corrected chi connectivity index (χ4v) is 1.85. The van der Waals surface area contributed by atoms with Gasteiger partial charge in [-0.2, -0.15) is 0 Å². The van der Waals surface area contributed by atoms with Gasteiger partial charge in [0.15, 0.2) is 0 Å². The maximum Gasteiger partial charge on any atom is 0.309 e. The topological polar surface area (TPSA) is 78.6 Å². The van der Waals surface area contributed by atoms with Gasteiger partial charge >= 0.3 is 11.9 Å². The van der Waals surface area contributed by atoms with Crippen LogP contribution in [0.15, 0.2) is 0 Å². The van der Waals surface area contributed by atoms with Gasteiger partial charge in [0.1, 0.15) is 0 Å². The van der Waals surface area contributed by atoms with Gasteiger partial charge in [-0.15, -0.1) is 0 Å². The van der Waals surface area contributed by atoms with Crippen LogP contribution in [0.2, 0.25) is 0 Å². The minimum Gasteiger partial charge on any atom is -0.425 e. The molecule has 2 atom stereocenters. The molecule has 0 rings (SSSR count). The lowest BCUT2D eigenvalue weighted by atomic mass is 9.94. The summed E-state index contributed by atoms with van der Waals surface area (Å²) in [6.45, 7) is 10.0. The second-order valence-corrected chi connectivity index (χ2v) is 5.88. The monoisotopic (exact) mass is 287 g/mol. The van der Waals surface area contributed by atoms with Crippen molar-refractivity contribution in [3.05, 3.63) is 0 Å². The predicted octanol–water partition coefficient (Wildman–Crippen LogP) is 2.48. The summed E-state index contributed by atoms with van der Waals surface area (Å²) in [6.07, 6.45) is 0.598. The molecule has 0 radical (unpaired) electrons. The smallest absolute Gasteiger partial charge is 0.309 e. The van der Waals surface area contributed by atoms with Gasteiger partial charge < -0.3 is 15.2 Å². The molecule has 0 spiro atoms. The number of ether oxygens (including phenoxy) is 2. The average molecular weight is 287 g/mol. The molecule has 0 aromatic rings. The predicted molar refractivity (Wildman–Crippen MR) is 77.7 cm³/mol. The van der Waals surface area contributed by atoms with E-state index >= 15 is 0 Å². The molecule has 118 valence electrons. The van der Waals surface area contributed by atoms with E-state index in [0.717, 1.165) is 6.42 Å². The molecule has 20 heavy (non-hydrogen) atoms. The molecule has 2 unspecified atom stereocenters. The second kappa shape index (κ2) is 9.75. The van der Waals surface area contributed by atoms with E-state index in [1.54, 1.807) is 6.92 Å². The quantitative estimate of drug-likeness (QED) is 0.520. The van der Waals surface area contributed by atoms with Crippen LogP contribution < -0.4 is 5.73 Å². The largest absolute Gasteiger partial charge is 0.425 e. The maximum atomic E-state index is 11.9. The molecule has 0 aliphatic heterocycles. The van der Waals surface area contributed by atoms with Gasteiger partial charge in [0.05, 0.1) is 0 Å². The zero-order chi connectivity index (χ0) is 15.7. The molecule has 0 aromatic carbocycles. The first-order chi connectivity index (χ1) is 9.29. The highest BCUT2D eigenvalue weighted by molar-refractivity contribution is 5.71. The summed E-state index contributed by atoms with van der Waals surface area (Å²) < 4.78 is 10.4. The molecule has 0 aliphatic rings. The van der Waals surface area contributed by atoms with Crippen molar-refractivity contribution in [1.29, 1.82) is 0 Å². The third kappa shape index (κ3) is 8.15. The number of carbonyl (C=O) groups is 2. The van der Waals surface area contributed by atoms with E-state index in [2.05, 4.69) is 13.8 Å². The van der Waals surface area contributed by atoms with E-state index in [-0.39, 0.29) is 36.6 Å². The second-order valence-electron chi connectivity index (χ2n) is 5.88. The minimum atomic E-state index is -0.813. The van der Waals surface area contributed by atoms with E-state index < -0.39 is 6.29 Å². The maximum absolute atomic E-state index is 11.9. The van der Waals surface area contributed by atoms with Crippen molar-refractivity contribution in [3.8, 4) is 0 Å². The van der Waals surface area contributed by atoms with Crippen molar-refractivity contribution >= 4 is 11.9 Å². The highest BCUT2D eigenvalue weighted by Gasteiger charge is 2.24. The van der Waals surface area contributed by atoms with Gasteiger partial charge in [-0.3, -0.25) is 9.59 Å². The first-order valence-electron chi connectivity index (χ1n) is 7.39. The van der Waals surface area contributed by atoms with Crippen LogP contribution in [0.4, 0.5) is 0 Å². The van der Waals surface area contributed by atoms with Crippen LogP contribution in [-0.4, -0.2) is 24.8 Å². The molecule has 0 saturated carbocycles. The number of rotatable bonds is 9. The summed E-state index contributed by atoms with van der Waals surface area (Å²) in [7, 11) is 0. The van der Waals surface area contributed by atoms with E-state index in [1.165, 1.54) is 0 Å². The standard InChI is InChI=1S/C15H29NO4/c1-6-13(17)19-15(11(4)5)20-14(18)8-12(9-16)7-10(2)3/h10-12,15H,6-9,16H2,1-5H3. The summed E-state index contributed by atoms with van der Waals surface area (Å²) >= 11 is 0. The van der Waals surface area contributed by atoms with Crippen LogP contribution >= 0.6 is 0 Å². The third-order valence-corrected chi connectivity index (χ3v) is 2.92. The van der Waals surface area contributed by atoms with Crippen LogP contribution in [0.25, 0.3) is 0 Å². The fraction of sp³-hybridized carbons (Fsp3) is 0.867. The van der Waals surface area contributed by atoms with E-state index in [1.807, 2.05) is 13.8 Å². The van der Waals surface area contributed by atoms with Gasteiger partial charge in [0.2, 0.25) is 6.29 Å². The molecule has 0 amide bonds. The Morgan fingerprint density at radius 1 is 1.05 bits per heavy atom. The van der Waals surface area contributed by atoms with Gasteiger partial charge in [-0.25, -0.2) is 0 Å². The lowest BCUT2D eigenvalue weighted by Crippen LogP contribution is -2.31. The van der Waals surface area contributed by atoms with E-state index in [0.29, 0.717) is 12.5 Å². The fourth-order valence-electron chi connectivity index (χ4n) is 1.85. The molecular formula is C15H29NO4. The molecule has 0 bridgehead atoms. The Bertz CT molecular complexity index is 302. The van der Waals surface area contributed by atoms with Gasteiger partial charge in [-0.05, 0) is 24.8 Å². The minimum absolute atomic E-state index is 0.0733.